The standard InChI is InChI=1S/C64H101N7O36/c1-23(2)58(93)68-17-29(79)13-9-11-15-36(83)66-18-30(80)49-54(96-7)43(87)46(90)62(100-49)103-52-38(70-26(5)76)60(98-33(21-73)41(52)85)105-55-44(88)47(91)63(101-50(55)31(81)19-67-35(82)14-10-8-12-28(78)16-65)104-53-39(71-27(6)77)61(99-34(22-74)42(53)86)106-56-45(89)48(92)64(107-57(56)59(94)95)102-51-37(69-25(4)75)24(3)97-32(20-72)40(51)84/h24,32-34,37-57,60-64,72-74,84-92H,1,8-22,65H2,2-7H3,(H,66,83)(H,67,82)(H,68,93)(H,69,75)(H,70,76)(H,71,77)(H,94,95). The van der Waals surface area contributed by atoms with Gasteiger partial charge in [0, 0.05) is 59.1 Å². The monoisotopic (exact) mass is 1540 g/mol. The van der Waals surface area contributed by atoms with Crippen LogP contribution in [0.5, 0.6) is 0 Å². The van der Waals surface area contributed by atoms with Gasteiger partial charge in [-0.05, 0) is 39.5 Å². The summed E-state index contributed by atoms with van der Waals surface area (Å²) in [6, 6.07) is -5.25. The molecular weight excluding hydrogens is 1440 g/mol. The summed E-state index contributed by atoms with van der Waals surface area (Å²) in [5.41, 5.74) is 5.58. The van der Waals surface area contributed by atoms with Gasteiger partial charge in [-0.15, -0.1) is 0 Å². The van der Waals surface area contributed by atoms with Gasteiger partial charge < -0.3 is 161 Å². The fraction of sp³-hybridized carbons (Fsp3) is 0.797. The topological polar surface area (TPSA) is 660 Å². The molecule has 6 aliphatic rings. The molecule has 6 aliphatic heterocycles. The van der Waals surface area contributed by atoms with Crippen molar-refractivity contribution in [3.63, 3.8) is 0 Å². The minimum atomic E-state index is -2.54. The molecule has 0 aliphatic carbocycles. The number of hydrogen-bond acceptors (Lipinski definition) is 36. The average Bonchev–Trinajstić information content (AvgIpc) is 0.777. The summed E-state index contributed by atoms with van der Waals surface area (Å²) in [5, 5.41) is 161. The number of ketones is 4. The molecule has 0 aromatic heterocycles. The van der Waals surface area contributed by atoms with Crippen LogP contribution in [0.15, 0.2) is 12.2 Å². The van der Waals surface area contributed by atoms with Gasteiger partial charge in [-0.1, -0.05) is 6.58 Å². The maximum absolute atomic E-state index is 14.7. The smallest absolute Gasteiger partial charge is 0.335 e. The van der Waals surface area contributed by atoms with Gasteiger partial charge in [0.2, 0.25) is 35.4 Å². The fourth-order valence-corrected chi connectivity index (χ4v) is 12.7. The van der Waals surface area contributed by atoms with Crippen LogP contribution < -0.4 is 37.6 Å². The Bertz CT molecular complexity index is 3050. The molecule has 0 bridgehead atoms. The second-order valence-corrected chi connectivity index (χ2v) is 26.6. The minimum Gasteiger partial charge on any atom is -0.479 e. The number of nitrogens with two attached hydrogens (primary N) is 1. The first-order valence-corrected chi connectivity index (χ1v) is 34.5. The number of rotatable bonds is 38. The van der Waals surface area contributed by atoms with Gasteiger partial charge in [0.15, 0.2) is 54.9 Å². The Morgan fingerprint density at radius 3 is 1.14 bits per heavy atom. The highest BCUT2D eigenvalue weighted by molar-refractivity contribution is 5.95. The highest BCUT2D eigenvalue weighted by Crippen LogP contribution is 2.38. The molecule has 107 heavy (non-hydrogen) atoms. The molecule has 0 aromatic rings. The Morgan fingerprint density at radius 1 is 0.411 bits per heavy atom. The van der Waals surface area contributed by atoms with Crippen molar-refractivity contribution in [3.8, 4) is 0 Å². The van der Waals surface area contributed by atoms with Crippen molar-refractivity contribution in [2.45, 2.75) is 270 Å². The van der Waals surface area contributed by atoms with Gasteiger partial charge >= 0.3 is 5.97 Å². The van der Waals surface area contributed by atoms with Crippen molar-refractivity contribution in [3.05, 3.63) is 12.2 Å². The first-order chi connectivity index (χ1) is 50.5. The lowest BCUT2D eigenvalue weighted by molar-refractivity contribution is -0.375. The number of aliphatic carboxylic acids is 1. The van der Waals surface area contributed by atoms with Crippen LogP contribution >= 0.6 is 0 Å². The lowest BCUT2D eigenvalue weighted by Gasteiger charge is -2.51. The highest BCUT2D eigenvalue weighted by Gasteiger charge is 2.60. The summed E-state index contributed by atoms with van der Waals surface area (Å²) in [7, 11) is 1.04. The number of carboxylic acids is 1. The number of carbonyl (C=O) groups excluding carboxylic acids is 10. The molecule has 6 rings (SSSR count). The normalized spacial score (nSPS) is 37.2. The van der Waals surface area contributed by atoms with Gasteiger partial charge in [-0.3, -0.25) is 47.9 Å². The van der Waals surface area contributed by atoms with E-state index >= 15 is 0 Å². The zero-order valence-corrected chi connectivity index (χ0v) is 59.4. The Hall–Kier alpha value is -6.29. The predicted molar refractivity (Wildman–Crippen MR) is 348 cm³/mol. The van der Waals surface area contributed by atoms with E-state index in [9.17, 15) is 119 Å². The maximum Gasteiger partial charge on any atom is 0.335 e. The zero-order valence-electron chi connectivity index (χ0n) is 59.4. The summed E-state index contributed by atoms with van der Waals surface area (Å²) >= 11 is 0. The van der Waals surface area contributed by atoms with Gasteiger partial charge in [0.05, 0.1) is 58.1 Å². The van der Waals surface area contributed by atoms with Gasteiger partial charge in [0.25, 0.3) is 0 Å². The molecule has 21 N–H and O–H groups in total. The number of ether oxygens (including phenoxy) is 12. The molecular formula is C64H101N7O36. The van der Waals surface area contributed by atoms with Crippen molar-refractivity contribution >= 4 is 64.5 Å². The van der Waals surface area contributed by atoms with E-state index in [0.717, 1.165) is 27.9 Å². The largest absolute Gasteiger partial charge is 0.479 e. The highest BCUT2D eigenvalue weighted by atomic mass is 16.8. The molecule has 6 fully saturated rings. The van der Waals surface area contributed by atoms with E-state index in [1.54, 1.807) is 0 Å². The number of nitrogens with one attached hydrogen (secondary N) is 6. The number of aliphatic hydroxyl groups is 12. The number of carboxylic acid groups (broad SMARTS) is 1. The van der Waals surface area contributed by atoms with Crippen LogP contribution in [0.4, 0.5) is 0 Å². The van der Waals surface area contributed by atoms with Crippen molar-refractivity contribution in [2.75, 3.05) is 53.1 Å². The molecule has 6 saturated heterocycles. The molecule has 30 unspecified atom stereocenters. The van der Waals surface area contributed by atoms with Crippen LogP contribution in [0, 0.1) is 0 Å². The third-order valence-corrected chi connectivity index (χ3v) is 18.4. The fourth-order valence-electron chi connectivity index (χ4n) is 12.7. The van der Waals surface area contributed by atoms with Crippen LogP contribution in [0.2, 0.25) is 0 Å². The third-order valence-electron chi connectivity index (χ3n) is 18.4. The quantitative estimate of drug-likeness (QED) is 0.0202. The van der Waals surface area contributed by atoms with E-state index in [1.165, 1.54) is 13.8 Å². The number of unbranched alkanes of at least 4 members (excludes halogenated alkanes) is 2. The van der Waals surface area contributed by atoms with Crippen LogP contribution in [0.25, 0.3) is 0 Å². The molecule has 0 spiro atoms. The van der Waals surface area contributed by atoms with Gasteiger partial charge in [0.1, 0.15) is 140 Å². The number of aliphatic hydroxyl groups excluding tert-OH is 12. The first-order valence-electron chi connectivity index (χ1n) is 34.5. The molecule has 43 heteroatoms. The molecule has 0 radical (unpaired) electrons. The number of hydrogen-bond donors (Lipinski definition) is 20. The van der Waals surface area contributed by atoms with Crippen LogP contribution in [-0.4, -0.2) is 368 Å². The molecule has 43 nitrogen and oxygen atoms in total. The van der Waals surface area contributed by atoms with Crippen molar-refractivity contribution < 1.29 is 176 Å². The second kappa shape index (κ2) is 41.7. The SMILES string of the molecule is C=C(C)C(=O)NCC(=O)CCCCC(=O)NCC(=O)C1OC(OC2C(O)C(CO)OC(OC3C(C(=O)CNC(=O)CCCCC(=O)CN)OC(OC4C(O)C(CO)OC(OC5C(C(=O)O)OC(OC6C(O)C(CO)OC(C)C6NC(C)=O)C(O)C5O)C4NC(C)=O)C(O)C3O)C2NC(C)=O)C(O)C(O)C1OC. The lowest BCUT2D eigenvalue weighted by Crippen LogP contribution is -2.71. The molecule has 608 valence electrons. The van der Waals surface area contributed by atoms with E-state index in [-0.39, 0.29) is 81.6 Å². The molecule has 6 amide bonds. The van der Waals surface area contributed by atoms with Crippen LogP contribution in [0.3, 0.4) is 0 Å². The van der Waals surface area contributed by atoms with E-state index in [0.29, 0.717) is 0 Å². The zero-order chi connectivity index (χ0) is 79.6. The Morgan fingerprint density at radius 2 is 0.757 bits per heavy atom. The van der Waals surface area contributed by atoms with E-state index in [2.05, 4.69) is 38.5 Å². The Labute approximate surface area is 611 Å². The number of Topliss-reactive ketones (excluding diaryl/α,β-unsaturated/α-hetero) is 4. The lowest BCUT2D eigenvalue weighted by atomic mass is 9.92. The molecule has 30 atom stereocenters. The average molecular weight is 1540 g/mol. The summed E-state index contributed by atoms with van der Waals surface area (Å²) in [4.78, 5) is 142. The summed E-state index contributed by atoms with van der Waals surface area (Å²) in [5.74, 6) is -9.37. The predicted octanol–water partition coefficient (Wildman–Crippen LogP) is -11.6. The minimum absolute atomic E-state index is 0.00417. The van der Waals surface area contributed by atoms with Crippen molar-refractivity contribution in [1.29, 1.82) is 0 Å². The number of methoxy groups -OCH3 is 1. The van der Waals surface area contributed by atoms with Crippen LogP contribution in [-0.2, 0) is 110 Å². The summed E-state index contributed by atoms with van der Waals surface area (Å²) in [6.07, 6.45) is -56.2. The first kappa shape index (κ1) is 89.6. The van der Waals surface area contributed by atoms with E-state index < -0.39 is 270 Å². The Kier molecular flexibility index (Phi) is 34.9. The number of carbonyl (C=O) groups is 11. The number of amides is 6. The Balaban J connectivity index is 1.27. The maximum atomic E-state index is 14.7. The molecule has 0 saturated carbocycles. The van der Waals surface area contributed by atoms with E-state index in [4.69, 9.17) is 62.6 Å². The second-order valence-electron chi connectivity index (χ2n) is 26.6. The van der Waals surface area contributed by atoms with Gasteiger partial charge in [-0.25, -0.2) is 4.79 Å². The van der Waals surface area contributed by atoms with Crippen LogP contribution in [0.1, 0.15) is 86.0 Å². The third kappa shape index (κ3) is 23.6. The molecule has 6 heterocycles. The van der Waals surface area contributed by atoms with Crippen molar-refractivity contribution in [2.24, 2.45) is 5.73 Å². The summed E-state index contributed by atoms with van der Waals surface area (Å²) in [6.45, 7) is 3.90. The van der Waals surface area contributed by atoms with E-state index in [1.807, 2.05) is 0 Å². The van der Waals surface area contributed by atoms with Crippen molar-refractivity contribution in [1.82, 2.24) is 31.9 Å². The summed E-state index contributed by atoms with van der Waals surface area (Å²) < 4.78 is 70.4. The van der Waals surface area contributed by atoms with Gasteiger partial charge in [-0.2, -0.15) is 0 Å². The molecule has 0 aromatic carbocycles.